The topological polar surface area (TPSA) is 81.1 Å². The lowest BCUT2D eigenvalue weighted by atomic mass is 10.3. The van der Waals surface area contributed by atoms with Crippen molar-refractivity contribution in [3.05, 3.63) is 23.2 Å². The smallest absolute Gasteiger partial charge is 0.326 e. The monoisotopic (exact) mass is 239 g/mol. The molecule has 2 aromatic rings. The molecule has 0 saturated heterocycles. The van der Waals surface area contributed by atoms with Crippen LogP contribution in [0.3, 0.4) is 0 Å². The third-order valence-corrected chi connectivity index (χ3v) is 2.66. The van der Waals surface area contributed by atoms with Crippen LogP contribution < -0.4 is 5.73 Å². The molecule has 1 atom stereocenters. The highest BCUT2D eigenvalue weighted by Gasteiger charge is 2.19. The predicted octanol–water partition coefficient (Wildman–Crippen LogP) is 1.92. The SMILES string of the molecule is CC(C(=O)O)n1c(N)nc2cc(Cl)ccc21. The Morgan fingerprint density at radius 1 is 1.62 bits per heavy atom. The Kier molecular flexibility index (Phi) is 2.47. The first kappa shape index (κ1) is 10.8. The number of anilines is 1. The molecule has 0 bridgehead atoms. The van der Waals surface area contributed by atoms with Crippen molar-refractivity contribution in [1.29, 1.82) is 0 Å². The van der Waals surface area contributed by atoms with Gasteiger partial charge in [0, 0.05) is 5.02 Å². The molecule has 1 heterocycles. The van der Waals surface area contributed by atoms with E-state index in [-0.39, 0.29) is 5.95 Å². The molecule has 1 unspecified atom stereocenters. The van der Waals surface area contributed by atoms with Gasteiger partial charge in [-0.2, -0.15) is 0 Å². The summed E-state index contributed by atoms with van der Waals surface area (Å²) in [5.74, 6) is -0.784. The number of carboxylic acids is 1. The fraction of sp³-hybridized carbons (Fsp3) is 0.200. The Labute approximate surface area is 96.4 Å². The first-order valence-electron chi connectivity index (χ1n) is 4.66. The number of carboxylic acid groups (broad SMARTS) is 1. The first-order valence-corrected chi connectivity index (χ1v) is 5.04. The van der Waals surface area contributed by atoms with Crippen LogP contribution in [0.15, 0.2) is 18.2 Å². The van der Waals surface area contributed by atoms with Crippen LogP contribution in [0.1, 0.15) is 13.0 Å². The van der Waals surface area contributed by atoms with Crippen LogP contribution in [0, 0.1) is 0 Å². The number of imidazole rings is 1. The Morgan fingerprint density at radius 3 is 2.94 bits per heavy atom. The predicted molar refractivity (Wildman–Crippen MR) is 61.5 cm³/mol. The minimum absolute atomic E-state index is 0.173. The molecule has 0 spiro atoms. The zero-order valence-electron chi connectivity index (χ0n) is 8.51. The number of halogens is 1. The Bertz CT molecular complexity index is 564. The van der Waals surface area contributed by atoms with E-state index in [2.05, 4.69) is 4.98 Å². The zero-order valence-corrected chi connectivity index (χ0v) is 9.27. The summed E-state index contributed by atoms with van der Waals surface area (Å²) in [4.78, 5) is 15.0. The second kappa shape index (κ2) is 3.68. The Balaban J connectivity index is 2.69. The maximum Gasteiger partial charge on any atom is 0.326 e. The summed E-state index contributed by atoms with van der Waals surface area (Å²) in [6, 6.07) is 4.28. The highest BCUT2D eigenvalue weighted by Crippen LogP contribution is 2.25. The minimum atomic E-state index is -0.957. The molecule has 0 fully saturated rings. The molecule has 3 N–H and O–H groups in total. The van der Waals surface area contributed by atoms with Crippen molar-refractivity contribution in [2.24, 2.45) is 0 Å². The first-order chi connectivity index (χ1) is 7.50. The number of rotatable bonds is 2. The van der Waals surface area contributed by atoms with E-state index in [0.717, 1.165) is 0 Å². The molecular formula is C10H10ClN3O2. The molecule has 1 aromatic heterocycles. The van der Waals surface area contributed by atoms with E-state index in [1.807, 2.05) is 0 Å². The second-order valence-electron chi connectivity index (χ2n) is 3.49. The van der Waals surface area contributed by atoms with Crippen molar-refractivity contribution in [2.75, 3.05) is 5.73 Å². The Morgan fingerprint density at radius 2 is 2.31 bits per heavy atom. The van der Waals surface area contributed by atoms with E-state index in [4.69, 9.17) is 22.4 Å². The fourth-order valence-corrected chi connectivity index (χ4v) is 1.77. The molecule has 16 heavy (non-hydrogen) atoms. The number of carbonyl (C=O) groups is 1. The number of hydrogen-bond acceptors (Lipinski definition) is 3. The van der Waals surface area contributed by atoms with Crippen LogP contribution in [-0.2, 0) is 4.79 Å². The largest absolute Gasteiger partial charge is 0.480 e. The number of nitrogens with zero attached hydrogens (tertiary/aromatic N) is 2. The van der Waals surface area contributed by atoms with Crippen molar-refractivity contribution in [3.8, 4) is 0 Å². The standard InChI is InChI=1S/C10H10ClN3O2/c1-5(9(15)16)14-8-3-2-6(11)4-7(8)13-10(14)12/h2-5H,1H3,(H2,12,13)(H,15,16). The number of nitrogens with two attached hydrogens (primary N) is 1. The van der Waals surface area contributed by atoms with Crippen LogP contribution in [0.5, 0.6) is 0 Å². The van der Waals surface area contributed by atoms with Gasteiger partial charge >= 0.3 is 5.97 Å². The van der Waals surface area contributed by atoms with Gasteiger partial charge in [-0.05, 0) is 25.1 Å². The van der Waals surface area contributed by atoms with Crippen LogP contribution in [-0.4, -0.2) is 20.6 Å². The van der Waals surface area contributed by atoms with Crippen molar-refractivity contribution in [1.82, 2.24) is 9.55 Å². The zero-order chi connectivity index (χ0) is 11.9. The lowest BCUT2D eigenvalue weighted by Gasteiger charge is -2.10. The maximum absolute atomic E-state index is 10.9. The summed E-state index contributed by atoms with van der Waals surface area (Å²) in [6.07, 6.45) is 0. The van der Waals surface area contributed by atoms with Crippen molar-refractivity contribution < 1.29 is 9.90 Å². The van der Waals surface area contributed by atoms with E-state index in [1.54, 1.807) is 25.1 Å². The number of aromatic nitrogens is 2. The lowest BCUT2D eigenvalue weighted by Crippen LogP contribution is -2.17. The minimum Gasteiger partial charge on any atom is -0.480 e. The molecule has 1 aromatic carbocycles. The van der Waals surface area contributed by atoms with Gasteiger partial charge in [-0.1, -0.05) is 11.6 Å². The number of nitrogen functional groups attached to an aromatic ring is 1. The van der Waals surface area contributed by atoms with E-state index in [9.17, 15) is 4.79 Å². The van der Waals surface area contributed by atoms with Gasteiger partial charge in [0.15, 0.2) is 0 Å². The average molecular weight is 240 g/mol. The third kappa shape index (κ3) is 1.59. The molecule has 0 radical (unpaired) electrons. The second-order valence-corrected chi connectivity index (χ2v) is 3.92. The van der Waals surface area contributed by atoms with Gasteiger partial charge in [0.1, 0.15) is 6.04 Å². The van der Waals surface area contributed by atoms with E-state index >= 15 is 0 Å². The molecule has 6 heteroatoms. The van der Waals surface area contributed by atoms with Crippen LogP contribution in [0.4, 0.5) is 5.95 Å². The van der Waals surface area contributed by atoms with Gasteiger partial charge in [0.05, 0.1) is 11.0 Å². The van der Waals surface area contributed by atoms with E-state index in [1.165, 1.54) is 4.57 Å². The third-order valence-electron chi connectivity index (χ3n) is 2.42. The van der Waals surface area contributed by atoms with Gasteiger partial charge < -0.3 is 10.8 Å². The van der Waals surface area contributed by atoms with Gasteiger partial charge in [-0.25, -0.2) is 9.78 Å². The maximum atomic E-state index is 10.9. The normalized spacial score (nSPS) is 12.9. The molecular weight excluding hydrogens is 230 g/mol. The number of benzene rings is 1. The van der Waals surface area contributed by atoms with Gasteiger partial charge in [0.25, 0.3) is 0 Å². The van der Waals surface area contributed by atoms with Gasteiger partial charge in [-0.15, -0.1) is 0 Å². The number of fused-ring (bicyclic) bond motifs is 1. The molecule has 2 rings (SSSR count). The summed E-state index contributed by atoms with van der Waals surface area (Å²) >= 11 is 5.82. The molecule has 0 aliphatic carbocycles. The average Bonchev–Trinajstić information content (AvgIpc) is 2.51. The van der Waals surface area contributed by atoms with E-state index < -0.39 is 12.0 Å². The van der Waals surface area contributed by atoms with Crippen molar-refractivity contribution >= 4 is 34.6 Å². The Hall–Kier alpha value is -1.75. The molecule has 0 aliphatic rings. The summed E-state index contributed by atoms with van der Waals surface area (Å²) in [5, 5.41) is 9.50. The van der Waals surface area contributed by atoms with E-state index in [0.29, 0.717) is 16.1 Å². The molecule has 0 amide bonds. The highest BCUT2D eigenvalue weighted by molar-refractivity contribution is 6.31. The number of aliphatic carboxylic acids is 1. The fourth-order valence-electron chi connectivity index (χ4n) is 1.61. The molecule has 84 valence electrons. The van der Waals surface area contributed by atoms with Crippen LogP contribution in [0.25, 0.3) is 11.0 Å². The van der Waals surface area contributed by atoms with Gasteiger partial charge in [-0.3, -0.25) is 4.57 Å². The summed E-state index contributed by atoms with van der Waals surface area (Å²) in [6.45, 7) is 1.55. The number of hydrogen-bond donors (Lipinski definition) is 2. The molecule has 5 nitrogen and oxygen atoms in total. The highest BCUT2D eigenvalue weighted by atomic mass is 35.5. The van der Waals surface area contributed by atoms with Crippen LogP contribution >= 0.6 is 11.6 Å². The van der Waals surface area contributed by atoms with Gasteiger partial charge in [0.2, 0.25) is 5.95 Å². The summed E-state index contributed by atoms with van der Waals surface area (Å²) < 4.78 is 1.47. The molecule has 0 saturated carbocycles. The van der Waals surface area contributed by atoms with Crippen molar-refractivity contribution in [3.63, 3.8) is 0 Å². The molecule has 0 aliphatic heterocycles. The summed E-state index contributed by atoms with van der Waals surface area (Å²) in [7, 11) is 0. The summed E-state index contributed by atoms with van der Waals surface area (Å²) in [5.41, 5.74) is 6.95. The lowest BCUT2D eigenvalue weighted by molar-refractivity contribution is -0.140. The van der Waals surface area contributed by atoms with Crippen molar-refractivity contribution in [2.45, 2.75) is 13.0 Å². The van der Waals surface area contributed by atoms with Crippen LogP contribution in [0.2, 0.25) is 5.02 Å². The quantitative estimate of drug-likeness (QED) is 0.839.